The third kappa shape index (κ3) is 5.19. The van der Waals surface area contributed by atoms with Crippen molar-refractivity contribution < 1.29 is 14.3 Å². The van der Waals surface area contributed by atoms with E-state index in [0.29, 0.717) is 19.5 Å². The van der Waals surface area contributed by atoms with Gasteiger partial charge in [0.25, 0.3) is 0 Å². The number of rotatable bonds is 7. The SMILES string of the molecule is COC(=O)CCn1c(C)cc(C(=O)CN2CCN(c3cccc(Cl)c3)CC2)c1C. The maximum atomic E-state index is 12.9. The minimum Gasteiger partial charge on any atom is -0.469 e. The highest BCUT2D eigenvalue weighted by molar-refractivity contribution is 6.30. The van der Waals surface area contributed by atoms with E-state index < -0.39 is 0 Å². The number of halogens is 1. The predicted molar refractivity (Wildman–Crippen MR) is 115 cm³/mol. The van der Waals surface area contributed by atoms with Gasteiger partial charge < -0.3 is 14.2 Å². The zero-order chi connectivity index (χ0) is 21.0. The van der Waals surface area contributed by atoms with Crippen LogP contribution in [0.1, 0.15) is 28.2 Å². The number of hydrogen-bond acceptors (Lipinski definition) is 5. The fourth-order valence-electron chi connectivity index (χ4n) is 3.86. The number of nitrogens with zero attached hydrogens (tertiary/aromatic N) is 3. The molecule has 2 heterocycles. The van der Waals surface area contributed by atoms with E-state index in [-0.39, 0.29) is 11.8 Å². The molecule has 1 aromatic heterocycles. The number of aryl methyl sites for hydroxylation is 1. The molecule has 1 aliphatic rings. The van der Waals surface area contributed by atoms with Crippen molar-refractivity contribution in [3.8, 4) is 0 Å². The number of carbonyl (C=O) groups is 2. The lowest BCUT2D eigenvalue weighted by Crippen LogP contribution is -2.48. The third-order valence-electron chi connectivity index (χ3n) is 5.55. The summed E-state index contributed by atoms with van der Waals surface area (Å²) >= 11 is 6.10. The molecule has 1 saturated heterocycles. The zero-order valence-corrected chi connectivity index (χ0v) is 18.0. The molecule has 29 heavy (non-hydrogen) atoms. The first-order chi connectivity index (χ1) is 13.9. The first-order valence-electron chi connectivity index (χ1n) is 9.88. The van der Waals surface area contributed by atoms with Gasteiger partial charge in [-0.15, -0.1) is 0 Å². The van der Waals surface area contributed by atoms with Gasteiger partial charge in [-0.25, -0.2) is 0 Å². The summed E-state index contributed by atoms with van der Waals surface area (Å²) in [5, 5.41) is 0.739. The summed E-state index contributed by atoms with van der Waals surface area (Å²) < 4.78 is 6.73. The van der Waals surface area contributed by atoms with Crippen LogP contribution in [0, 0.1) is 13.8 Å². The van der Waals surface area contributed by atoms with E-state index in [1.807, 2.05) is 42.7 Å². The molecule has 0 unspecified atom stereocenters. The Morgan fingerprint density at radius 3 is 2.48 bits per heavy atom. The molecule has 0 aliphatic carbocycles. The molecular weight excluding hydrogens is 390 g/mol. The topological polar surface area (TPSA) is 54.8 Å². The summed E-state index contributed by atoms with van der Waals surface area (Å²) in [6, 6.07) is 9.81. The number of benzene rings is 1. The number of esters is 1. The average molecular weight is 418 g/mol. The second-order valence-electron chi connectivity index (χ2n) is 7.43. The lowest BCUT2D eigenvalue weighted by atomic mass is 10.1. The molecule has 7 heteroatoms. The van der Waals surface area contributed by atoms with Crippen molar-refractivity contribution in [3.63, 3.8) is 0 Å². The number of carbonyl (C=O) groups excluding carboxylic acids is 2. The van der Waals surface area contributed by atoms with E-state index in [2.05, 4.69) is 15.9 Å². The molecule has 0 N–H and O–H groups in total. The van der Waals surface area contributed by atoms with E-state index in [1.54, 1.807) is 0 Å². The van der Waals surface area contributed by atoms with Crippen LogP contribution in [0.3, 0.4) is 0 Å². The fourth-order valence-corrected chi connectivity index (χ4v) is 4.04. The van der Waals surface area contributed by atoms with E-state index in [9.17, 15) is 9.59 Å². The van der Waals surface area contributed by atoms with Crippen LogP contribution in [0.4, 0.5) is 5.69 Å². The van der Waals surface area contributed by atoms with Crippen LogP contribution in [-0.2, 0) is 16.1 Å². The van der Waals surface area contributed by atoms with Gasteiger partial charge in [-0.3, -0.25) is 14.5 Å². The summed E-state index contributed by atoms with van der Waals surface area (Å²) in [6.45, 7) is 8.23. The summed E-state index contributed by atoms with van der Waals surface area (Å²) in [4.78, 5) is 28.8. The van der Waals surface area contributed by atoms with Crippen molar-refractivity contribution in [1.82, 2.24) is 9.47 Å². The Balaban J connectivity index is 1.58. The lowest BCUT2D eigenvalue weighted by molar-refractivity contribution is -0.140. The van der Waals surface area contributed by atoms with Gasteiger partial charge in [-0.1, -0.05) is 17.7 Å². The molecule has 0 spiro atoms. The highest BCUT2D eigenvalue weighted by Crippen LogP contribution is 2.21. The molecule has 156 valence electrons. The molecule has 1 aromatic carbocycles. The van der Waals surface area contributed by atoms with Crippen LogP contribution in [0.5, 0.6) is 0 Å². The number of methoxy groups -OCH3 is 1. The largest absolute Gasteiger partial charge is 0.469 e. The van der Waals surface area contributed by atoms with Crippen LogP contribution in [0.25, 0.3) is 0 Å². The summed E-state index contributed by atoms with van der Waals surface area (Å²) in [5.74, 6) is -0.124. The minimum absolute atomic E-state index is 0.124. The molecule has 3 rings (SSSR count). The molecule has 1 fully saturated rings. The van der Waals surface area contributed by atoms with Gasteiger partial charge in [-0.2, -0.15) is 0 Å². The zero-order valence-electron chi connectivity index (χ0n) is 17.3. The number of ketones is 1. The van der Waals surface area contributed by atoms with Gasteiger partial charge in [-0.05, 0) is 38.1 Å². The molecule has 6 nitrogen and oxygen atoms in total. The minimum atomic E-state index is -0.247. The third-order valence-corrected chi connectivity index (χ3v) is 5.79. The van der Waals surface area contributed by atoms with Crippen molar-refractivity contribution in [3.05, 3.63) is 52.3 Å². The lowest BCUT2D eigenvalue weighted by Gasteiger charge is -2.35. The number of anilines is 1. The molecule has 0 radical (unpaired) electrons. The monoisotopic (exact) mass is 417 g/mol. The smallest absolute Gasteiger partial charge is 0.307 e. The van der Waals surface area contributed by atoms with Crippen molar-refractivity contribution in [1.29, 1.82) is 0 Å². The van der Waals surface area contributed by atoms with Crippen molar-refractivity contribution >= 4 is 29.0 Å². The molecule has 0 bridgehead atoms. The Bertz CT molecular complexity index is 885. The van der Waals surface area contributed by atoms with Gasteiger partial charge in [0.2, 0.25) is 0 Å². The van der Waals surface area contributed by atoms with Crippen molar-refractivity contribution in [2.24, 2.45) is 0 Å². The first-order valence-corrected chi connectivity index (χ1v) is 10.3. The maximum Gasteiger partial charge on any atom is 0.307 e. The van der Waals surface area contributed by atoms with Crippen molar-refractivity contribution in [2.45, 2.75) is 26.8 Å². The van der Waals surface area contributed by atoms with Crippen LogP contribution in [-0.4, -0.2) is 61.1 Å². The second kappa shape index (κ2) is 9.46. The highest BCUT2D eigenvalue weighted by Gasteiger charge is 2.22. The predicted octanol–water partition coefficient (Wildman–Crippen LogP) is 3.33. The van der Waals surface area contributed by atoms with Gasteiger partial charge in [0.1, 0.15) is 0 Å². The van der Waals surface area contributed by atoms with Crippen LogP contribution in [0.2, 0.25) is 5.02 Å². The standard InChI is InChI=1S/C22H28ClN3O3/c1-16-13-20(17(2)26(16)8-7-22(28)29-3)21(27)15-24-9-11-25(12-10-24)19-6-4-5-18(23)14-19/h4-6,13-14H,7-12,15H2,1-3H3. The van der Waals surface area contributed by atoms with E-state index in [4.69, 9.17) is 16.3 Å². The maximum absolute atomic E-state index is 12.9. The number of hydrogen-bond donors (Lipinski definition) is 0. The number of ether oxygens (including phenoxy) is 1. The van der Waals surface area contributed by atoms with Crippen molar-refractivity contribution in [2.75, 3.05) is 44.7 Å². The highest BCUT2D eigenvalue weighted by atomic mass is 35.5. The summed E-state index contributed by atoms with van der Waals surface area (Å²) in [5.41, 5.74) is 3.76. The molecule has 0 amide bonds. The Hall–Kier alpha value is -2.31. The van der Waals surface area contributed by atoms with Gasteiger partial charge in [0.15, 0.2) is 5.78 Å². The number of piperazine rings is 1. The quantitative estimate of drug-likeness (QED) is 0.511. The van der Waals surface area contributed by atoms with E-state index in [1.165, 1.54) is 7.11 Å². The number of Topliss-reactive ketones (excluding diaryl/α,β-unsaturated/α-hetero) is 1. The molecule has 1 aliphatic heterocycles. The molecule has 2 aromatic rings. The Morgan fingerprint density at radius 2 is 1.83 bits per heavy atom. The Morgan fingerprint density at radius 1 is 1.10 bits per heavy atom. The van der Waals surface area contributed by atoms with Gasteiger partial charge in [0.05, 0.1) is 20.1 Å². The Labute approximate surface area is 177 Å². The molecular formula is C22H28ClN3O3. The average Bonchev–Trinajstić information content (AvgIpc) is 3.00. The van der Waals surface area contributed by atoms with Crippen LogP contribution >= 0.6 is 11.6 Å². The van der Waals surface area contributed by atoms with Crippen LogP contribution in [0.15, 0.2) is 30.3 Å². The van der Waals surface area contributed by atoms with Gasteiger partial charge in [0, 0.05) is 60.4 Å². The van der Waals surface area contributed by atoms with Crippen LogP contribution < -0.4 is 4.90 Å². The fraction of sp³-hybridized carbons (Fsp3) is 0.455. The molecule has 0 saturated carbocycles. The summed E-state index contributed by atoms with van der Waals surface area (Å²) in [6.07, 6.45) is 0.298. The normalized spacial score (nSPS) is 14.8. The Kier molecular flexibility index (Phi) is 6.98. The van der Waals surface area contributed by atoms with Gasteiger partial charge >= 0.3 is 5.97 Å². The molecule has 0 atom stereocenters. The second-order valence-corrected chi connectivity index (χ2v) is 7.87. The number of aromatic nitrogens is 1. The first kappa shape index (κ1) is 21.4. The van der Waals surface area contributed by atoms with E-state index in [0.717, 1.165) is 53.8 Å². The summed E-state index contributed by atoms with van der Waals surface area (Å²) in [7, 11) is 1.39. The van der Waals surface area contributed by atoms with E-state index >= 15 is 0 Å².